The molecule has 10 heavy (non-hydrogen) atoms. The van der Waals surface area contributed by atoms with E-state index in [1.165, 1.54) is 6.92 Å². The Balaban J connectivity index is 4.73. The van der Waals surface area contributed by atoms with Gasteiger partial charge in [-0.05, 0) is 13.3 Å². The molecule has 0 rings (SSSR count). The zero-order valence-electron chi connectivity index (χ0n) is 5.96. The van der Waals surface area contributed by atoms with Crippen molar-refractivity contribution in [2.75, 3.05) is 0 Å². The lowest BCUT2D eigenvalue weighted by molar-refractivity contribution is -0.120. The smallest absolute Gasteiger partial charge is 0.331 e. The average Bonchev–Trinajstić information content (AvgIpc) is 1.85. The quantitative estimate of drug-likeness (QED) is 0.625. The second kappa shape index (κ2) is 2.97. The van der Waals surface area contributed by atoms with E-state index in [0.29, 0.717) is 0 Å². The Hall–Kier alpha value is -0.630. The molecule has 1 atom stereocenters. The number of hydrogen-bond donors (Lipinski definition) is 1. The monoisotopic (exact) mass is 163 g/mol. The number of primary amides is 1. The Bertz CT molecular complexity index is 203. The second-order valence-corrected chi connectivity index (χ2v) is 3.75. The molecule has 4 nitrogen and oxygen atoms in total. The molecular formula is C5H10NO3P. The molecule has 2 N–H and O–H groups in total. The van der Waals surface area contributed by atoms with Crippen molar-refractivity contribution in [3.63, 3.8) is 0 Å². The van der Waals surface area contributed by atoms with E-state index in [2.05, 4.69) is 0 Å². The molecular weight excluding hydrogens is 153 g/mol. The highest BCUT2D eigenvalue weighted by Gasteiger charge is 2.35. The molecule has 0 fully saturated rings. The molecule has 0 spiro atoms. The van der Waals surface area contributed by atoms with Gasteiger partial charge in [-0.15, -0.1) is 0 Å². The first-order valence-electron chi connectivity index (χ1n) is 2.89. The molecule has 0 bridgehead atoms. The zero-order chi connectivity index (χ0) is 8.36. The van der Waals surface area contributed by atoms with Crippen molar-refractivity contribution in [3.8, 4) is 0 Å². The van der Waals surface area contributed by atoms with Gasteiger partial charge in [-0.25, -0.2) is 9.13 Å². The summed E-state index contributed by atoms with van der Waals surface area (Å²) in [6.07, 6.45) is 0.223. The number of carbonyl (C=O) groups excluding carboxylic acids is 1. The summed E-state index contributed by atoms with van der Waals surface area (Å²) in [5, 5.41) is -1.37. The van der Waals surface area contributed by atoms with Gasteiger partial charge < -0.3 is 5.73 Å². The number of hydrogen-bond acceptors (Lipinski definition) is 3. The van der Waals surface area contributed by atoms with Crippen molar-refractivity contribution in [1.82, 2.24) is 0 Å². The first kappa shape index (κ1) is 9.37. The molecule has 0 radical (unpaired) electrons. The lowest BCUT2D eigenvalue weighted by Crippen LogP contribution is -2.35. The van der Waals surface area contributed by atoms with Crippen molar-refractivity contribution in [3.05, 3.63) is 0 Å². The van der Waals surface area contributed by atoms with Gasteiger partial charge in [-0.3, -0.25) is 4.79 Å². The maximum absolute atomic E-state index is 10.5. The highest BCUT2D eigenvalue weighted by molar-refractivity contribution is 7.34. The summed E-state index contributed by atoms with van der Waals surface area (Å²) in [7, 11) is -2.76. The fraction of sp³-hybridized carbons (Fsp3) is 0.800. The van der Waals surface area contributed by atoms with E-state index in [9.17, 15) is 13.9 Å². The van der Waals surface area contributed by atoms with Crippen LogP contribution in [0.4, 0.5) is 0 Å². The molecule has 0 aromatic carbocycles. The summed E-state index contributed by atoms with van der Waals surface area (Å²) in [6.45, 7) is 2.93. The van der Waals surface area contributed by atoms with Crippen LogP contribution in [0.5, 0.6) is 0 Å². The van der Waals surface area contributed by atoms with Crippen LogP contribution in [0.1, 0.15) is 20.3 Å². The Labute approximate surface area is 59.6 Å². The molecule has 0 aromatic heterocycles. The summed E-state index contributed by atoms with van der Waals surface area (Å²) >= 11 is 0. The van der Waals surface area contributed by atoms with Crippen LogP contribution in [0.15, 0.2) is 0 Å². The number of nitrogens with two attached hydrogens (primary N) is 1. The van der Waals surface area contributed by atoms with Crippen LogP contribution < -0.4 is 5.73 Å². The second-order valence-electron chi connectivity index (χ2n) is 2.25. The van der Waals surface area contributed by atoms with Crippen LogP contribution in [0.25, 0.3) is 0 Å². The maximum atomic E-state index is 10.5. The average molecular weight is 163 g/mol. The minimum atomic E-state index is -2.76. The normalized spacial score (nSPS) is 15.8. The molecule has 0 heterocycles. The van der Waals surface area contributed by atoms with Crippen molar-refractivity contribution >= 4 is 13.6 Å². The Morgan fingerprint density at radius 3 is 2.00 bits per heavy atom. The van der Waals surface area contributed by atoms with Gasteiger partial charge in [0.25, 0.3) is 0 Å². The van der Waals surface area contributed by atoms with Crippen LogP contribution >= 0.6 is 7.68 Å². The van der Waals surface area contributed by atoms with Crippen molar-refractivity contribution in [1.29, 1.82) is 0 Å². The number of carbonyl (C=O) groups is 1. The minimum absolute atomic E-state index is 0.223. The van der Waals surface area contributed by atoms with Crippen molar-refractivity contribution in [2.24, 2.45) is 5.73 Å². The molecule has 0 aliphatic rings. The molecule has 0 saturated heterocycles. The predicted octanol–water partition coefficient (Wildman–Crippen LogP) is 0.813. The first-order chi connectivity index (χ1) is 4.45. The number of amides is 1. The standard InChI is InChI=1S/C5H10NO3P/c1-3-5(2,4(6)7)10(8)9/h3H2,1-2H3,(H2,6,7). The molecule has 0 aliphatic carbocycles. The lowest BCUT2D eigenvalue weighted by atomic mass is 10.1. The molecule has 58 valence electrons. The van der Waals surface area contributed by atoms with Gasteiger partial charge >= 0.3 is 7.68 Å². The van der Waals surface area contributed by atoms with Gasteiger partial charge in [-0.2, -0.15) is 0 Å². The molecule has 0 aliphatic heterocycles. The fourth-order valence-corrected chi connectivity index (χ4v) is 0.831. The van der Waals surface area contributed by atoms with Gasteiger partial charge in [-0.1, -0.05) is 6.92 Å². The van der Waals surface area contributed by atoms with Crippen LogP contribution in [0.3, 0.4) is 0 Å². The van der Waals surface area contributed by atoms with Gasteiger partial charge in [0.15, 0.2) is 5.16 Å². The SMILES string of the molecule is CCC(C)(C(N)=O)P(=O)=O. The Kier molecular flexibility index (Phi) is 2.78. The Morgan fingerprint density at radius 1 is 1.60 bits per heavy atom. The Morgan fingerprint density at radius 2 is 2.00 bits per heavy atom. The largest absolute Gasteiger partial charge is 0.368 e. The van der Waals surface area contributed by atoms with E-state index in [1.807, 2.05) is 0 Å². The van der Waals surface area contributed by atoms with Gasteiger partial charge in [0.05, 0.1) is 0 Å². The molecule has 1 unspecified atom stereocenters. The fourth-order valence-electron chi connectivity index (χ4n) is 0.393. The third kappa shape index (κ3) is 1.45. The van der Waals surface area contributed by atoms with Crippen molar-refractivity contribution in [2.45, 2.75) is 25.4 Å². The van der Waals surface area contributed by atoms with Gasteiger partial charge in [0.1, 0.15) is 0 Å². The minimum Gasteiger partial charge on any atom is -0.368 e. The summed E-state index contributed by atoms with van der Waals surface area (Å²) in [6, 6.07) is 0. The molecule has 1 amide bonds. The summed E-state index contributed by atoms with van der Waals surface area (Å²) < 4.78 is 20.9. The van der Waals surface area contributed by atoms with E-state index in [1.54, 1.807) is 6.92 Å². The lowest BCUT2D eigenvalue weighted by Gasteiger charge is -2.12. The summed E-state index contributed by atoms with van der Waals surface area (Å²) in [5.41, 5.74) is 4.86. The highest BCUT2D eigenvalue weighted by atomic mass is 31.1. The van der Waals surface area contributed by atoms with Crippen LogP contribution in [-0.4, -0.2) is 11.1 Å². The summed E-state index contributed by atoms with van der Waals surface area (Å²) in [4.78, 5) is 10.5. The van der Waals surface area contributed by atoms with Gasteiger partial charge in [0, 0.05) is 0 Å². The predicted molar refractivity (Wildman–Crippen MR) is 36.2 cm³/mol. The molecule has 0 saturated carbocycles. The van der Waals surface area contributed by atoms with E-state index in [0.717, 1.165) is 0 Å². The third-order valence-corrected chi connectivity index (χ3v) is 2.96. The first-order valence-corrected chi connectivity index (χ1v) is 4.07. The van der Waals surface area contributed by atoms with Gasteiger partial charge in [0.2, 0.25) is 5.91 Å². The summed E-state index contributed by atoms with van der Waals surface area (Å²) in [5.74, 6) is -0.786. The van der Waals surface area contributed by atoms with E-state index >= 15 is 0 Å². The van der Waals surface area contributed by atoms with Crippen LogP contribution in [-0.2, 0) is 13.9 Å². The van der Waals surface area contributed by atoms with E-state index in [-0.39, 0.29) is 6.42 Å². The highest BCUT2D eigenvalue weighted by Crippen LogP contribution is 2.31. The molecule has 5 heteroatoms. The topological polar surface area (TPSA) is 77.2 Å². The zero-order valence-corrected chi connectivity index (χ0v) is 6.85. The van der Waals surface area contributed by atoms with E-state index in [4.69, 9.17) is 5.73 Å². The third-order valence-electron chi connectivity index (χ3n) is 1.62. The maximum Gasteiger partial charge on any atom is 0.331 e. The van der Waals surface area contributed by atoms with Crippen molar-refractivity contribution < 1.29 is 13.9 Å². The molecule has 0 aromatic rings. The van der Waals surface area contributed by atoms with Crippen LogP contribution in [0, 0.1) is 0 Å². The van der Waals surface area contributed by atoms with Crippen LogP contribution in [0.2, 0.25) is 0 Å². The number of rotatable bonds is 3. The van der Waals surface area contributed by atoms with E-state index < -0.39 is 18.7 Å².